The van der Waals surface area contributed by atoms with Gasteiger partial charge in [-0.1, -0.05) is 11.6 Å². The number of ether oxygens (including phenoxy) is 3. The van der Waals surface area contributed by atoms with Crippen LogP contribution in [0.15, 0.2) is 42.4 Å². The summed E-state index contributed by atoms with van der Waals surface area (Å²) < 4.78 is 31.1. The second-order valence-corrected chi connectivity index (χ2v) is 6.73. The minimum Gasteiger partial charge on any atom is -0.489 e. The molecule has 0 atom stereocenters. The number of carbonyl (C=O) groups is 2. The number of hydrogen-bond donors (Lipinski definition) is 1. The predicted octanol–water partition coefficient (Wildman–Crippen LogP) is 2.89. The molecule has 8 nitrogen and oxygen atoms in total. The highest BCUT2D eigenvalue weighted by molar-refractivity contribution is 6.30. The molecule has 1 aliphatic heterocycles. The highest BCUT2D eigenvalue weighted by Crippen LogP contribution is 2.24. The van der Waals surface area contributed by atoms with Gasteiger partial charge in [0.1, 0.15) is 6.61 Å². The monoisotopic (exact) mass is 409 g/mol. The number of esters is 2. The third kappa shape index (κ3) is 4.80. The summed E-state index contributed by atoms with van der Waals surface area (Å²) in [5, 5.41) is 7.16. The van der Waals surface area contributed by atoms with Crippen molar-refractivity contribution in [2.24, 2.45) is 0 Å². The number of rotatable bonds is 6. The third-order valence-electron chi connectivity index (χ3n) is 3.61. The summed E-state index contributed by atoms with van der Waals surface area (Å²) in [4.78, 5) is 23.7. The fraction of sp³-hybridized carbons (Fsp3) is 0.278. The molecule has 3 rings (SSSR count). The Morgan fingerprint density at radius 2 is 2.04 bits per heavy atom. The number of nitrogens with one attached hydrogen (secondary N) is 1. The molecular formula is C18H17ClFN3O5. The van der Waals surface area contributed by atoms with Gasteiger partial charge in [-0.25, -0.2) is 14.0 Å². The number of nitrogens with zero attached hydrogens (tertiary/aromatic N) is 2. The summed E-state index contributed by atoms with van der Waals surface area (Å²) in [5.74, 6) is -3.54. The lowest BCUT2D eigenvalue weighted by Crippen LogP contribution is -2.42. The Bertz CT molecular complexity index is 919. The molecule has 10 heteroatoms. The van der Waals surface area contributed by atoms with Crippen LogP contribution < -0.4 is 10.1 Å². The van der Waals surface area contributed by atoms with Crippen molar-refractivity contribution in [1.82, 2.24) is 9.78 Å². The molecule has 2 aromatic rings. The molecule has 1 saturated heterocycles. The Balaban J connectivity index is 1.59. The Kier molecular flexibility index (Phi) is 5.55. The van der Waals surface area contributed by atoms with Crippen molar-refractivity contribution in [3.05, 3.63) is 53.2 Å². The van der Waals surface area contributed by atoms with Gasteiger partial charge in [0, 0.05) is 38.0 Å². The van der Waals surface area contributed by atoms with Crippen LogP contribution in [-0.2, 0) is 25.6 Å². The summed E-state index contributed by atoms with van der Waals surface area (Å²) in [6.45, 7) is 3.49. The van der Waals surface area contributed by atoms with Crippen molar-refractivity contribution in [1.29, 1.82) is 0 Å². The molecule has 0 amide bonds. The van der Waals surface area contributed by atoms with Crippen molar-refractivity contribution < 1.29 is 28.2 Å². The normalized spacial score (nSPS) is 15.6. The van der Waals surface area contributed by atoms with E-state index in [-0.39, 0.29) is 17.9 Å². The summed E-state index contributed by atoms with van der Waals surface area (Å²) in [5.41, 5.74) is -0.0143. The molecule has 1 aromatic carbocycles. The second kappa shape index (κ2) is 7.89. The molecule has 2 heterocycles. The van der Waals surface area contributed by atoms with Gasteiger partial charge in [0.2, 0.25) is 0 Å². The molecule has 1 aliphatic rings. The third-order valence-corrected chi connectivity index (χ3v) is 3.81. The van der Waals surface area contributed by atoms with E-state index in [0.717, 1.165) is 6.20 Å². The number of carbonyl (C=O) groups excluding carboxylic acids is 2. The first kappa shape index (κ1) is 19.7. The van der Waals surface area contributed by atoms with Crippen molar-refractivity contribution in [3.63, 3.8) is 0 Å². The first-order valence-corrected chi connectivity index (χ1v) is 8.65. The summed E-state index contributed by atoms with van der Waals surface area (Å²) in [6, 6.07) is 4.12. The Morgan fingerprint density at radius 1 is 1.32 bits per heavy atom. The molecule has 148 valence electrons. The molecule has 0 bridgehead atoms. The van der Waals surface area contributed by atoms with Crippen LogP contribution in [0.2, 0.25) is 5.02 Å². The van der Waals surface area contributed by atoms with Gasteiger partial charge in [0.25, 0.3) is 5.79 Å². The van der Waals surface area contributed by atoms with Crippen LogP contribution >= 0.6 is 11.6 Å². The average Bonchev–Trinajstić information content (AvgIpc) is 3.00. The lowest BCUT2D eigenvalue weighted by atomic mass is 10.2. The molecule has 1 fully saturated rings. The van der Waals surface area contributed by atoms with Crippen molar-refractivity contribution in [2.45, 2.75) is 26.2 Å². The van der Waals surface area contributed by atoms with Crippen LogP contribution in [0.25, 0.3) is 0 Å². The zero-order valence-corrected chi connectivity index (χ0v) is 15.8. The minimum atomic E-state index is -1.32. The smallest absolute Gasteiger partial charge is 0.350 e. The molecule has 0 aliphatic carbocycles. The number of anilines is 1. The molecule has 0 unspecified atom stereocenters. The van der Waals surface area contributed by atoms with E-state index in [1.54, 1.807) is 10.9 Å². The van der Waals surface area contributed by atoms with E-state index in [4.69, 9.17) is 25.8 Å². The lowest BCUT2D eigenvalue weighted by molar-refractivity contribution is -0.222. The number of aromatic nitrogens is 2. The van der Waals surface area contributed by atoms with Gasteiger partial charge in [-0.05, 0) is 12.1 Å². The largest absolute Gasteiger partial charge is 0.489 e. The molecule has 0 saturated carbocycles. The van der Waals surface area contributed by atoms with E-state index in [0.29, 0.717) is 17.3 Å². The quantitative estimate of drug-likeness (QED) is 0.445. The van der Waals surface area contributed by atoms with Crippen LogP contribution in [0.4, 0.5) is 10.1 Å². The molecule has 1 aromatic heterocycles. The highest BCUT2D eigenvalue weighted by atomic mass is 35.5. The SMILES string of the molecule is CC1(C)OC(=O)C(=CNc2ccc(OCCn3cc(Cl)cn3)c(F)c2)C(=O)O1. The predicted molar refractivity (Wildman–Crippen MR) is 97.1 cm³/mol. The molecule has 1 N–H and O–H groups in total. The molecular weight excluding hydrogens is 393 g/mol. The first-order chi connectivity index (χ1) is 13.2. The van der Waals surface area contributed by atoms with Crippen molar-refractivity contribution in [2.75, 3.05) is 11.9 Å². The van der Waals surface area contributed by atoms with Gasteiger partial charge in [-0.3, -0.25) is 4.68 Å². The van der Waals surface area contributed by atoms with Gasteiger partial charge in [0.15, 0.2) is 17.1 Å². The fourth-order valence-electron chi connectivity index (χ4n) is 2.35. The maximum atomic E-state index is 14.2. The number of benzene rings is 1. The summed E-state index contributed by atoms with van der Waals surface area (Å²) in [6.07, 6.45) is 4.23. The Hall–Kier alpha value is -3.07. The maximum Gasteiger partial charge on any atom is 0.350 e. The van der Waals surface area contributed by atoms with Gasteiger partial charge in [0.05, 0.1) is 17.8 Å². The van der Waals surface area contributed by atoms with Crippen LogP contribution in [0.3, 0.4) is 0 Å². The minimum absolute atomic E-state index is 0.0506. The topological polar surface area (TPSA) is 91.7 Å². The number of hydrogen-bond acceptors (Lipinski definition) is 7. The van der Waals surface area contributed by atoms with E-state index in [2.05, 4.69) is 10.4 Å². The molecule has 0 spiro atoms. The van der Waals surface area contributed by atoms with Crippen LogP contribution in [0.5, 0.6) is 5.75 Å². The van der Waals surface area contributed by atoms with E-state index in [1.807, 2.05) is 0 Å². The number of halogens is 2. The van der Waals surface area contributed by atoms with Crippen LogP contribution in [0.1, 0.15) is 13.8 Å². The first-order valence-electron chi connectivity index (χ1n) is 8.27. The standard InChI is InChI=1S/C18H17ClFN3O5/c1-18(2)27-16(24)13(17(25)28-18)9-21-12-3-4-15(14(20)7-12)26-6-5-23-10-11(19)8-22-23/h3-4,7-10,21H,5-6H2,1-2H3. The van der Waals surface area contributed by atoms with E-state index in [9.17, 15) is 14.0 Å². The van der Waals surface area contributed by atoms with Crippen LogP contribution in [-0.4, -0.2) is 34.1 Å². The number of cyclic esters (lactones) is 2. The average molecular weight is 410 g/mol. The van der Waals surface area contributed by atoms with Gasteiger partial charge >= 0.3 is 11.9 Å². The van der Waals surface area contributed by atoms with E-state index in [1.165, 1.54) is 38.2 Å². The van der Waals surface area contributed by atoms with Crippen molar-refractivity contribution in [3.8, 4) is 5.75 Å². The lowest BCUT2D eigenvalue weighted by Gasteiger charge is -2.29. The molecule has 28 heavy (non-hydrogen) atoms. The molecule has 0 radical (unpaired) electrons. The van der Waals surface area contributed by atoms with Crippen LogP contribution in [0, 0.1) is 5.82 Å². The fourth-order valence-corrected chi connectivity index (χ4v) is 2.51. The van der Waals surface area contributed by atoms with Gasteiger partial charge in [-0.15, -0.1) is 0 Å². The Labute approximate surface area is 164 Å². The highest BCUT2D eigenvalue weighted by Gasteiger charge is 2.38. The second-order valence-electron chi connectivity index (χ2n) is 6.30. The zero-order chi connectivity index (χ0) is 20.3. The zero-order valence-electron chi connectivity index (χ0n) is 15.1. The maximum absolute atomic E-state index is 14.2. The van der Waals surface area contributed by atoms with Crippen molar-refractivity contribution >= 4 is 29.2 Å². The van der Waals surface area contributed by atoms with E-state index >= 15 is 0 Å². The van der Waals surface area contributed by atoms with E-state index < -0.39 is 23.5 Å². The summed E-state index contributed by atoms with van der Waals surface area (Å²) in [7, 11) is 0. The van der Waals surface area contributed by atoms with Gasteiger partial charge in [-0.2, -0.15) is 5.10 Å². The summed E-state index contributed by atoms with van der Waals surface area (Å²) >= 11 is 5.76. The van der Waals surface area contributed by atoms with Gasteiger partial charge < -0.3 is 19.5 Å². The Morgan fingerprint density at radius 3 is 2.64 bits per heavy atom.